The maximum absolute atomic E-state index is 2.42. The van der Waals surface area contributed by atoms with E-state index in [-0.39, 0.29) is 0 Å². The van der Waals surface area contributed by atoms with Gasteiger partial charge in [-0.15, -0.1) is 0 Å². The smallest absolute Gasteiger partial charge is 0.0173 e. The summed E-state index contributed by atoms with van der Waals surface area (Å²) in [5.41, 5.74) is 1.40. The monoisotopic (exact) mass is 201 g/mol. The van der Waals surface area contributed by atoms with Gasteiger partial charge >= 0.3 is 0 Å². The quantitative estimate of drug-likeness (QED) is 0.724. The van der Waals surface area contributed by atoms with Crippen LogP contribution < -0.4 is 0 Å². The predicted molar refractivity (Wildman–Crippen MR) is 64.8 cm³/mol. The Morgan fingerprint density at radius 2 is 1.80 bits per heavy atom. The molecule has 1 aliphatic rings. The molecule has 0 radical (unpaired) electrons. The van der Waals surface area contributed by atoms with Crippen LogP contribution in [0.2, 0.25) is 0 Å². The summed E-state index contributed by atoms with van der Waals surface area (Å²) in [4.78, 5) is 2.42. The molecule has 80 valence electrons. The minimum Gasteiger partial charge on any atom is -0.378 e. The van der Waals surface area contributed by atoms with Gasteiger partial charge in [-0.3, -0.25) is 0 Å². The second-order valence-corrected chi connectivity index (χ2v) is 4.28. The van der Waals surface area contributed by atoms with E-state index in [1.807, 2.05) is 0 Å². The lowest BCUT2D eigenvalue weighted by Gasteiger charge is -2.12. The largest absolute Gasteiger partial charge is 0.378 e. The van der Waals surface area contributed by atoms with Crippen molar-refractivity contribution < 1.29 is 0 Å². The molecule has 1 heterocycles. The van der Waals surface area contributed by atoms with Gasteiger partial charge in [-0.2, -0.15) is 0 Å². The number of hydrogen-bond acceptors (Lipinski definition) is 1. The fraction of sp³-hybridized carbons (Fsp3) is 0.429. The molecule has 1 aromatic carbocycles. The molecule has 1 fully saturated rings. The van der Waals surface area contributed by atoms with Crippen LogP contribution >= 0.6 is 0 Å². The summed E-state index contributed by atoms with van der Waals surface area (Å²) in [5.74, 6) is 0.520. The van der Waals surface area contributed by atoms with E-state index in [4.69, 9.17) is 0 Å². The van der Waals surface area contributed by atoms with Crippen molar-refractivity contribution in [1.29, 1.82) is 0 Å². The van der Waals surface area contributed by atoms with Crippen molar-refractivity contribution in [2.45, 2.75) is 25.7 Å². The Morgan fingerprint density at radius 1 is 1.13 bits per heavy atom. The van der Waals surface area contributed by atoms with E-state index in [2.05, 4.69) is 54.4 Å². The van der Waals surface area contributed by atoms with Crippen molar-refractivity contribution >= 4 is 0 Å². The lowest BCUT2D eigenvalue weighted by molar-refractivity contribution is 0.465. The highest BCUT2D eigenvalue weighted by Gasteiger charge is 2.07. The topological polar surface area (TPSA) is 3.24 Å². The maximum Gasteiger partial charge on any atom is 0.0173 e. The first-order valence-electron chi connectivity index (χ1n) is 5.83. The van der Waals surface area contributed by atoms with Gasteiger partial charge in [-0.25, -0.2) is 0 Å². The van der Waals surface area contributed by atoms with Crippen LogP contribution in [-0.2, 0) is 0 Å². The highest BCUT2D eigenvalue weighted by molar-refractivity contribution is 5.22. The summed E-state index contributed by atoms with van der Waals surface area (Å²) < 4.78 is 0. The summed E-state index contributed by atoms with van der Waals surface area (Å²) in [7, 11) is 0. The van der Waals surface area contributed by atoms with Crippen LogP contribution in [-0.4, -0.2) is 18.0 Å². The molecule has 1 unspecified atom stereocenters. The number of nitrogens with zero attached hydrogens (tertiary/aromatic N) is 1. The number of hydrogen-bond donors (Lipinski definition) is 0. The first-order valence-corrected chi connectivity index (χ1v) is 5.83. The van der Waals surface area contributed by atoms with Gasteiger partial charge in [0.2, 0.25) is 0 Å². The maximum atomic E-state index is 2.42. The summed E-state index contributed by atoms with van der Waals surface area (Å²) in [6.45, 7) is 4.72. The Labute approximate surface area is 92.4 Å². The van der Waals surface area contributed by atoms with Crippen LogP contribution in [0, 0.1) is 0 Å². The summed E-state index contributed by atoms with van der Waals surface area (Å²) >= 11 is 0. The molecule has 1 aliphatic heterocycles. The van der Waals surface area contributed by atoms with E-state index in [1.165, 1.54) is 31.5 Å². The van der Waals surface area contributed by atoms with Crippen molar-refractivity contribution in [3.8, 4) is 0 Å². The van der Waals surface area contributed by atoms with E-state index in [1.54, 1.807) is 0 Å². The molecule has 0 amide bonds. The Balaban J connectivity index is 1.94. The van der Waals surface area contributed by atoms with Crippen LogP contribution in [0.25, 0.3) is 0 Å². The van der Waals surface area contributed by atoms with Crippen LogP contribution in [0.5, 0.6) is 0 Å². The van der Waals surface area contributed by atoms with Gasteiger partial charge in [0.15, 0.2) is 0 Å². The van der Waals surface area contributed by atoms with E-state index in [9.17, 15) is 0 Å². The first kappa shape index (κ1) is 10.3. The zero-order valence-electron chi connectivity index (χ0n) is 9.39. The van der Waals surface area contributed by atoms with Crippen molar-refractivity contribution in [3.05, 3.63) is 48.2 Å². The molecule has 15 heavy (non-hydrogen) atoms. The Morgan fingerprint density at radius 3 is 2.47 bits per heavy atom. The highest BCUT2D eigenvalue weighted by atomic mass is 15.1. The predicted octanol–water partition coefficient (Wildman–Crippen LogP) is 3.40. The minimum absolute atomic E-state index is 0.520. The zero-order chi connectivity index (χ0) is 10.5. The molecule has 0 aromatic heterocycles. The second kappa shape index (κ2) is 5.01. The Kier molecular flexibility index (Phi) is 3.44. The van der Waals surface area contributed by atoms with Gasteiger partial charge in [0.25, 0.3) is 0 Å². The van der Waals surface area contributed by atoms with E-state index in [0.29, 0.717) is 5.92 Å². The van der Waals surface area contributed by atoms with Crippen LogP contribution in [0.15, 0.2) is 42.6 Å². The molecule has 0 N–H and O–H groups in total. The summed E-state index contributed by atoms with van der Waals surface area (Å²) in [6.07, 6.45) is 7.28. The molecule has 0 spiro atoms. The number of benzene rings is 1. The van der Waals surface area contributed by atoms with E-state index in [0.717, 1.165) is 0 Å². The number of rotatable bonds is 3. The van der Waals surface area contributed by atoms with Gasteiger partial charge < -0.3 is 4.90 Å². The highest BCUT2D eigenvalue weighted by Crippen LogP contribution is 2.17. The Bertz CT molecular complexity index is 309. The SMILES string of the molecule is CC(/C=C/N1CCCC1)c1ccccc1. The fourth-order valence-electron chi connectivity index (χ4n) is 2.01. The lowest BCUT2D eigenvalue weighted by atomic mass is 10.0. The van der Waals surface area contributed by atoms with Gasteiger partial charge in [0.1, 0.15) is 0 Å². The molecule has 1 aromatic rings. The lowest BCUT2D eigenvalue weighted by Crippen LogP contribution is -2.10. The van der Waals surface area contributed by atoms with Gasteiger partial charge in [-0.05, 0) is 24.6 Å². The minimum atomic E-state index is 0.520. The zero-order valence-corrected chi connectivity index (χ0v) is 9.39. The molecule has 1 heteroatoms. The third-order valence-electron chi connectivity index (χ3n) is 3.05. The molecule has 1 nitrogen and oxygen atoms in total. The number of allylic oxidation sites excluding steroid dienone is 1. The summed E-state index contributed by atoms with van der Waals surface area (Å²) in [5, 5.41) is 0. The van der Waals surface area contributed by atoms with E-state index >= 15 is 0 Å². The molecule has 0 saturated carbocycles. The average Bonchev–Trinajstić information content (AvgIpc) is 2.80. The van der Waals surface area contributed by atoms with Crippen LogP contribution in [0.4, 0.5) is 0 Å². The van der Waals surface area contributed by atoms with Crippen molar-refractivity contribution in [3.63, 3.8) is 0 Å². The van der Waals surface area contributed by atoms with Crippen molar-refractivity contribution in [2.75, 3.05) is 13.1 Å². The fourth-order valence-corrected chi connectivity index (χ4v) is 2.01. The summed E-state index contributed by atoms with van der Waals surface area (Å²) in [6, 6.07) is 10.7. The molecule has 0 aliphatic carbocycles. The van der Waals surface area contributed by atoms with Gasteiger partial charge in [0, 0.05) is 19.0 Å². The first-order chi connectivity index (χ1) is 7.36. The average molecular weight is 201 g/mol. The van der Waals surface area contributed by atoms with Crippen molar-refractivity contribution in [1.82, 2.24) is 4.90 Å². The van der Waals surface area contributed by atoms with Crippen LogP contribution in [0.1, 0.15) is 31.2 Å². The second-order valence-electron chi connectivity index (χ2n) is 4.28. The third-order valence-corrected chi connectivity index (χ3v) is 3.05. The Hall–Kier alpha value is -1.24. The molecular weight excluding hydrogens is 182 g/mol. The van der Waals surface area contributed by atoms with Crippen molar-refractivity contribution in [2.24, 2.45) is 0 Å². The normalized spacial score (nSPS) is 18.6. The standard InChI is InChI=1S/C14H19N/c1-13(14-7-3-2-4-8-14)9-12-15-10-5-6-11-15/h2-4,7-9,12-13H,5-6,10-11H2,1H3/b12-9+. The van der Waals surface area contributed by atoms with E-state index < -0.39 is 0 Å². The molecule has 1 atom stereocenters. The molecule has 0 bridgehead atoms. The third kappa shape index (κ3) is 2.85. The van der Waals surface area contributed by atoms with Crippen LogP contribution in [0.3, 0.4) is 0 Å². The molecular formula is C14H19N. The van der Waals surface area contributed by atoms with Gasteiger partial charge in [-0.1, -0.05) is 43.3 Å². The number of likely N-dealkylation sites (tertiary alicyclic amines) is 1. The molecule has 2 rings (SSSR count). The molecule has 1 saturated heterocycles. The van der Waals surface area contributed by atoms with Gasteiger partial charge in [0.05, 0.1) is 0 Å².